The average Bonchev–Trinajstić information content (AvgIpc) is 2.72. The zero-order valence-corrected chi connectivity index (χ0v) is 10.8. The van der Waals surface area contributed by atoms with Gasteiger partial charge in [-0.3, -0.25) is 9.48 Å². The van der Waals surface area contributed by atoms with E-state index >= 15 is 0 Å². The summed E-state index contributed by atoms with van der Waals surface area (Å²) in [5.74, 6) is 0.227. The largest absolute Gasteiger partial charge is 0.293 e. The number of sulfone groups is 1. The number of hydrogen-bond donors (Lipinski definition) is 0. The van der Waals surface area contributed by atoms with Crippen molar-refractivity contribution in [3.8, 4) is 0 Å². The Morgan fingerprint density at radius 2 is 2.29 bits per heavy atom. The van der Waals surface area contributed by atoms with E-state index in [4.69, 9.17) is 0 Å². The first-order valence-electron chi connectivity index (χ1n) is 5.65. The summed E-state index contributed by atoms with van der Waals surface area (Å²) in [5.41, 5.74) is 1.21. The molecule has 2 rings (SSSR count). The van der Waals surface area contributed by atoms with E-state index in [9.17, 15) is 13.2 Å². The van der Waals surface area contributed by atoms with Crippen LogP contribution >= 0.6 is 0 Å². The van der Waals surface area contributed by atoms with Crippen LogP contribution in [0.4, 0.5) is 0 Å². The Hall–Kier alpha value is -1.17. The number of aromatic nitrogens is 2. The van der Waals surface area contributed by atoms with Crippen LogP contribution in [0.5, 0.6) is 0 Å². The molecule has 6 heteroatoms. The maximum atomic E-state index is 11.7. The van der Waals surface area contributed by atoms with Gasteiger partial charge in [0.1, 0.15) is 5.69 Å². The highest BCUT2D eigenvalue weighted by Gasteiger charge is 2.32. The molecule has 17 heavy (non-hydrogen) atoms. The molecule has 94 valence electrons. The molecule has 1 atom stereocenters. The normalized spacial score (nSPS) is 22.8. The third kappa shape index (κ3) is 2.41. The Morgan fingerprint density at radius 3 is 2.76 bits per heavy atom. The molecular formula is C11H16N2O3S. The molecule has 0 amide bonds. The van der Waals surface area contributed by atoms with E-state index in [1.165, 1.54) is 11.6 Å². The van der Waals surface area contributed by atoms with Crippen molar-refractivity contribution in [2.24, 2.45) is 7.05 Å². The van der Waals surface area contributed by atoms with Gasteiger partial charge in [0.25, 0.3) is 0 Å². The van der Waals surface area contributed by atoms with E-state index in [2.05, 4.69) is 5.10 Å². The molecule has 1 fully saturated rings. The molecule has 1 unspecified atom stereocenters. The van der Waals surface area contributed by atoms with Gasteiger partial charge in [-0.15, -0.1) is 0 Å². The van der Waals surface area contributed by atoms with Crippen molar-refractivity contribution in [3.63, 3.8) is 0 Å². The van der Waals surface area contributed by atoms with Crippen LogP contribution in [0.15, 0.2) is 6.07 Å². The van der Waals surface area contributed by atoms with Crippen LogP contribution in [-0.4, -0.2) is 35.0 Å². The first-order chi connectivity index (χ1) is 7.90. The number of Topliss-reactive ketones (excluding diaryl/α,β-unsaturated/α-hetero) is 1. The Bertz CT molecular complexity index is 545. The van der Waals surface area contributed by atoms with Gasteiger partial charge in [0.15, 0.2) is 15.6 Å². The highest BCUT2D eigenvalue weighted by atomic mass is 32.2. The lowest BCUT2D eigenvalue weighted by Crippen LogP contribution is -2.18. The maximum Gasteiger partial charge on any atom is 0.177 e. The second kappa shape index (κ2) is 4.25. The number of aryl methyl sites for hydroxylation is 1. The van der Waals surface area contributed by atoms with Gasteiger partial charge >= 0.3 is 0 Å². The van der Waals surface area contributed by atoms with E-state index in [1.807, 2.05) is 0 Å². The second-order valence-electron chi connectivity index (χ2n) is 4.54. The summed E-state index contributed by atoms with van der Waals surface area (Å²) in [6.07, 6.45) is 1.86. The van der Waals surface area contributed by atoms with Crippen LogP contribution in [0.2, 0.25) is 0 Å². The molecule has 1 aliphatic heterocycles. The molecule has 0 radical (unpaired) electrons. The minimum atomic E-state index is -2.94. The molecule has 1 aliphatic rings. The van der Waals surface area contributed by atoms with E-state index in [1.54, 1.807) is 13.1 Å². The van der Waals surface area contributed by atoms with Gasteiger partial charge < -0.3 is 0 Å². The monoisotopic (exact) mass is 256 g/mol. The van der Waals surface area contributed by atoms with Crippen LogP contribution in [0.1, 0.15) is 35.9 Å². The molecule has 0 aliphatic carbocycles. The smallest absolute Gasteiger partial charge is 0.177 e. The Morgan fingerprint density at radius 1 is 1.59 bits per heavy atom. The van der Waals surface area contributed by atoms with E-state index in [0.29, 0.717) is 24.2 Å². The minimum absolute atomic E-state index is 0.0551. The topological polar surface area (TPSA) is 69.0 Å². The Kier molecular flexibility index (Phi) is 3.07. The fraction of sp³-hybridized carbons (Fsp3) is 0.636. The number of rotatable bonds is 3. The van der Waals surface area contributed by atoms with E-state index < -0.39 is 9.84 Å². The van der Waals surface area contributed by atoms with Gasteiger partial charge in [0.05, 0.1) is 16.7 Å². The highest BCUT2D eigenvalue weighted by Crippen LogP contribution is 2.23. The molecule has 0 bridgehead atoms. The molecule has 0 spiro atoms. The number of carbonyl (C=O) groups excluding carboxylic acids is 1. The van der Waals surface area contributed by atoms with E-state index in [-0.39, 0.29) is 16.8 Å². The third-order valence-corrected chi connectivity index (χ3v) is 5.47. The van der Waals surface area contributed by atoms with Crippen molar-refractivity contribution < 1.29 is 13.2 Å². The summed E-state index contributed by atoms with van der Waals surface area (Å²) in [5, 5.41) is 3.87. The quantitative estimate of drug-likeness (QED) is 0.748. The van der Waals surface area contributed by atoms with Crippen LogP contribution in [0.25, 0.3) is 0 Å². The minimum Gasteiger partial charge on any atom is -0.293 e. The van der Waals surface area contributed by atoms with Crippen LogP contribution in [-0.2, 0) is 23.3 Å². The molecular weight excluding hydrogens is 240 g/mol. The van der Waals surface area contributed by atoms with Gasteiger partial charge in [-0.25, -0.2) is 8.42 Å². The lowest BCUT2D eigenvalue weighted by Gasteiger charge is -2.05. The summed E-state index contributed by atoms with van der Waals surface area (Å²) in [7, 11) is -1.25. The molecule has 2 heterocycles. The van der Waals surface area contributed by atoms with Crippen molar-refractivity contribution in [1.82, 2.24) is 9.78 Å². The van der Waals surface area contributed by atoms with Gasteiger partial charge in [-0.1, -0.05) is 0 Å². The van der Waals surface area contributed by atoms with E-state index in [0.717, 1.165) is 6.42 Å². The fourth-order valence-electron chi connectivity index (χ4n) is 2.28. The van der Waals surface area contributed by atoms with Gasteiger partial charge in [-0.05, 0) is 18.9 Å². The summed E-state index contributed by atoms with van der Waals surface area (Å²) >= 11 is 0. The zero-order valence-electron chi connectivity index (χ0n) is 10.0. The summed E-state index contributed by atoms with van der Waals surface area (Å²) in [4.78, 5) is 11.3. The Balaban J connectivity index is 2.20. The molecule has 0 aromatic carbocycles. The van der Waals surface area contributed by atoms with Gasteiger partial charge in [0, 0.05) is 20.4 Å². The predicted octanol–water partition coefficient (Wildman–Crippen LogP) is 0.742. The highest BCUT2D eigenvalue weighted by molar-refractivity contribution is 7.92. The Labute approximate surface area is 101 Å². The first kappa shape index (κ1) is 12.3. The van der Waals surface area contributed by atoms with Gasteiger partial charge in [-0.2, -0.15) is 5.10 Å². The van der Waals surface area contributed by atoms with Gasteiger partial charge in [0.2, 0.25) is 0 Å². The van der Waals surface area contributed by atoms with Crippen molar-refractivity contribution in [2.45, 2.75) is 31.4 Å². The number of hydrogen-bond acceptors (Lipinski definition) is 4. The number of nitrogens with zero attached hydrogens (tertiary/aromatic N) is 2. The van der Waals surface area contributed by atoms with Crippen molar-refractivity contribution >= 4 is 15.6 Å². The zero-order chi connectivity index (χ0) is 12.6. The number of carbonyl (C=O) groups is 1. The van der Waals surface area contributed by atoms with Crippen molar-refractivity contribution in [3.05, 3.63) is 17.5 Å². The molecule has 1 aromatic heterocycles. The molecule has 5 nitrogen and oxygen atoms in total. The average molecular weight is 256 g/mol. The fourth-order valence-corrected chi connectivity index (χ4v) is 4.13. The third-order valence-electron chi connectivity index (χ3n) is 3.19. The summed E-state index contributed by atoms with van der Waals surface area (Å²) < 4.78 is 24.9. The molecule has 0 N–H and O–H groups in total. The first-order valence-corrected chi connectivity index (χ1v) is 7.37. The van der Waals surface area contributed by atoms with Crippen LogP contribution in [0, 0.1) is 0 Å². The van der Waals surface area contributed by atoms with Crippen molar-refractivity contribution in [2.75, 3.05) is 5.75 Å². The van der Waals surface area contributed by atoms with Crippen LogP contribution in [0.3, 0.4) is 0 Å². The number of ketones is 1. The summed E-state index contributed by atoms with van der Waals surface area (Å²) in [6.45, 7) is 1.48. The second-order valence-corrected chi connectivity index (χ2v) is 6.94. The molecule has 0 saturated carbocycles. The SMILES string of the molecule is CC(=O)c1cc(CC2CCCS2(=O)=O)nn1C. The summed E-state index contributed by atoms with van der Waals surface area (Å²) in [6, 6.07) is 1.69. The maximum absolute atomic E-state index is 11.7. The predicted molar refractivity (Wildman–Crippen MR) is 63.7 cm³/mol. The molecule has 1 aromatic rings. The van der Waals surface area contributed by atoms with Crippen LogP contribution < -0.4 is 0 Å². The standard InChI is InChI=1S/C11H16N2O3S/c1-8(14)11-7-9(12-13(11)2)6-10-4-3-5-17(10,15)16/h7,10H,3-6H2,1-2H3. The lowest BCUT2D eigenvalue weighted by atomic mass is 10.1. The molecule has 1 saturated heterocycles. The van der Waals surface area contributed by atoms with Crippen molar-refractivity contribution in [1.29, 1.82) is 0 Å². The lowest BCUT2D eigenvalue weighted by molar-refractivity contribution is 0.100.